The normalized spacial score (nSPS) is 20.0. The number of rotatable bonds is 11. The van der Waals surface area contributed by atoms with Crippen molar-refractivity contribution in [3.63, 3.8) is 0 Å². The number of esters is 2. The number of anilines is 2. The van der Waals surface area contributed by atoms with Gasteiger partial charge in [-0.15, -0.1) is 0 Å². The summed E-state index contributed by atoms with van der Waals surface area (Å²) in [5, 5.41) is 0. The standard InChI is InChI=1S/C38H36N2O6/c1-3-45-33(41)23-37(29-19-11-13-21-31(29)39(35(37)43)25-27-15-7-5-8-16-27)38(24-34(42)46-4-2)30-20-12-14-22-32(30)40(36(38)44)26-28-17-9-6-10-18-28/h5-22H,3-4,23-26H2,1-2H3. The van der Waals surface area contributed by atoms with E-state index < -0.39 is 47.4 Å². The van der Waals surface area contributed by atoms with Gasteiger partial charge in [-0.3, -0.25) is 19.2 Å². The number of nitrogens with zero attached hydrogens (tertiary/aromatic N) is 2. The van der Waals surface area contributed by atoms with Crippen LogP contribution in [0.25, 0.3) is 0 Å². The Hall–Kier alpha value is -5.24. The first-order chi connectivity index (χ1) is 22.4. The molecule has 6 rings (SSSR count). The second kappa shape index (κ2) is 12.6. The molecule has 2 amide bonds. The molecule has 8 heteroatoms. The molecule has 4 aromatic rings. The summed E-state index contributed by atoms with van der Waals surface area (Å²) in [6, 6.07) is 33.6. The first-order valence-corrected chi connectivity index (χ1v) is 15.6. The first kappa shape index (κ1) is 30.8. The number of amides is 2. The van der Waals surface area contributed by atoms with Gasteiger partial charge in [0.2, 0.25) is 11.8 Å². The molecular weight excluding hydrogens is 580 g/mol. The second-order valence-electron chi connectivity index (χ2n) is 11.6. The molecule has 0 bridgehead atoms. The highest BCUT2D eigenvalue weighted by Gasteiger charge is 2.72. The average molecular weight is 617 g/mol. The molecule has 0 radical (unpaired) electrons. The summed E-state index contributed by atoms with van der Waals surface area (Å²) in [4.78, 5) is 61.4. The number of fused-ring (bicyclic) bond motifs is 2. The molecule has 0 saturated carbocycles. The van der Waals surface area contributed by atoms with E-state index in [0.717, 1.165) is 11.1 Å². The van der Waals surface area contributed by atoms with E-state index in [4.69, 9.17) is 9.47 Å². The van der Waals surface area contributed by atoms with Gasteiger partial charge < -0.3 is 19.3 Å². The summed E-state index contributed by atoms with van der Waals surface area (Å²) in [5.41, 5.74) is 0.260. The number of carbonyl (C=O) groups is 4. The highest BCUT2D eigenvalue weighted by molar-refractivity contribution is 6.20. The van der Waals surface area contributed by atoms with Crippen LogP contribution in [0.3, 0.4) is 0 Å². The molecular formula is C38H36N2O6. The van der Waals surface area contributed by atoms with Gasteiger partial charge in [0.1, 0.15) is 10.8 Å². The Morgan fingerprint density at radius 1 is 0.543 bits per heavy atom. The molecule has 0 saturated heterocycles. The Labute approximate surface area is 268 Å². The SMILES string of the molecule is CCOC(=O)CC1(C2(CC(=O)OCC)C(=O)N(Cc3ccccc3)c3ccccc32)C(=O)N(Cc2ccccc2)c2ccccc21. The summed E-state index contributed by atoms with van der Waals surface area (Å²) in [7, 11) is 0. The van der Waals surface area contributed by atoms with Crippen molar-refractivity contribution in [3.05, 3.63) is 131 Å². The number of hydrogen-bond donors (Lipinski definition) is 0. The Morgan fingerprint density at radius 2 is 0.891 bits per heavy atom. The Morgan fingerprint density at radius 3 is 1.26 bits per heavy atom. The van der Waals surface area contributed by atoms with E-state index in [-0.39, 0.29) is 26.3 Å². The fourth-order valence-corrected chi connectivity index (χ4v) is 7.22. The summed E-state index contributed by atoms with van der Waals surface area (Å²) in [5.74, 6) is -2.16. The van der Waals surface area contributed by atoms with Gasteiger partial charge in [0.25, 0.3) is 0 Å². The maximum Gasteiger partial charge on any atom is 0.307 e. The van der Waals surface area contributed by atoms with Crippen molar-refractivity contribution >= 4 is 35.1 Å². The van der Waals surface area contributed by atoms with Crippen LogP contribution >= 0.6 is 0 Å². The van der Waals surface area contributed by atoms with E-state index in [1.165, 1.54) is 0 Å². The van der Waals surface area contributed by atoms with Crippen LogP contribution in [0.15, 0.2) is 109 Å². The van der Waals surface area contributed by atoms with Crippen LogP contribution in [0.2, 0.25) is 0 Å². The van der Waals surface area contributed by atoms with Crippen molar-refractivity contribution < 1.29 is 28.7 Å². The second-order valence-corrected chi connectivity index (χ2v) is 11.6. The number of ether oxygens (including phenoxy) is 2. The number of hydrogen-bond acceptors (Lipinski definition) is 6. The number of benzene rings is 4. The van der Waals surface area contributed by atoms with E-state index in [1.54, 1.807) is 47.9 Å². The van der Waals surface area contributed by atoms with Crippen molar-refractivity contribution in [1.82, 2.24) is 0 Å². The molecule has 0 spiro atoms. The maximum atomic E-state index is 15.4. The predicted octanol–water partition coefficient (Wildman–Crippen LogP) is 5.86. The molecule has 0 aliphatic carbocycles. The van der Waals surface area contributed by atoms with E-state index in [1.807, 2.05) is 84.9 Å². The third kappa shape index (κ3) is 4.94. The largest absolute Gasteiger partial charge is 0.466 e. The molecule has 0 fully saturated rings. The van der Waals surface area contributed by atoms with Crippen LogP contribution in [0.5, 0.6) is 0 Å². The van der Waals surface area contributed by atoms with Gasteiger partial charge >= 0.3 is 11.9 Å². The zero-order chi connectivity index (χ0) is 32.3. The van der Waals surface area contributed by atoms with Gasteiger partial charge in [0.05, 0.1) is 39.1 Å². The van der Waals surface area contributed by atoms with Gasteiger partial charge in [-0.1, -0.05) is 97.1 Å². The zero-order valence-corrected chi connectivity index (χ0v) is 26.0. The van der Waals surface area contributed by atoms with Crippen LogP contribution in [0.1, 0.15) is 48.9 Å². The first-order valence-electron chi connectivity index (χ1n) is 15.6. The third-order valence-electron chi connectivity index (χ3n) is 9.05. The monoisotopic (exact) mass is 616 g/mol. The van der Waals surface area contributed by atoms with Gasteiger partial charge in [-0.05, 0) is 48.2 Å². The van der Waals surface area contributed by atoms with Gasteiger partial charge in [-0.2, -0.15) is 0 Å². The smallest absolute Gasteiger partial charge is 0.307 e. The van der Waals surface area contributed by atoms with E-state index in [9.17, 15) is 9.59 Å². The van der Waals surface area contributed by atoms with Crippen molar-refractivity contribution in [3.8, 4) is 0 Å². The van der Waals surface area contributed by atoms with Crippen molar-refractivity contribution in [2.45, 2.75) is 50.6 Å². The molecule has 234 valence electrons. The number of carbonyl (C=O) groups excluding carboxylic acids is 4. The molecule has 4 aromatic carbocycles. The lowest BCUT2D eigenvalue weighted by Gasteiger charge is -2.43. The average Bonchev–Trinajstić information content (AvgIpc) is 3.44. The summed E-state index contributed by atoms with van der Waals surface area (Å²) in [6.07, 6.45) is -0.888. The summed E-state index contributed by atoms with van der Waals surface area (Å²) in [6.45, 7) is 3.99. The molecule has 0 N–H and O–H groups in total. The molecule has 46 heavy (non-hydrogen) atoms. The third-order valence-corrected chi connectivity index (χ3v) is 9.05. The van der Waals surface area contributed by atoms with Gasteiger partial charge in [0.15, 0.2) is 0 Å². The van der Waals surface area contributed by atoms with Crippen LogP contribution in [-0.4, -0.2) is 37.0 Å². The fraction of sp³-hybridized carbons (Fsp3) is 0.263. The lowest BCUT2D eigenvalue weighted by Crippen LogP contribution is -2.61. The van der Waals surface area contributed by atoms with Crippen LogP contribution in [-0.2, 0) is 52.6 Å². The topological polar surface area (TPSA) is 93.2 Å². The van der Waals surface area contributed by atoms with Crippen LogP contribution < -0.4 is 9.80 Å². The maximum absolute atomic E-state index is 15.4. The summed E-state index contributed by atoms with van der Waals surface area (Å²) >= 11 is 0. The Kier molecular flexibility index (Phi) is 8.45. The van der Waals surface area contributed by atoms with Crippen molar-refractivity contribution in [2.75, 3.05) is 23.0 Å². The molecule has 2 heterocycles. The van der Waals surface area contributed by atoms with Crippen LogP contribution in [0.4, 0.5) is 11.4 Å². The minimum atomic E-state index is -1.82. The van der Waals surface area contributed by atoms with Crippen molar-refractivity contribution in [2.24, 2.45) is 0 Å². The molecule has 0 aromatic heterocycles. The van der Waals surface area contributed by atoms with Gasteiger partial charge in [0, 0.05) is 11.4 Å². The minimum absolute atomic E-state index is 0.0913. The number of para-hydroxylation sites is 2. The van der Waals surface area contributed by atoms with E-state index in [2.05, 4.69) is 0 Å². The Balaban J connectivity index is 1.64. The molecule has 2 unspecified atom stereocenters. The highest BCUT2D eigenvalue weighted by Crippen LogP contribution is 2.62. The lowest BCUT2D eigenvalue weighted by atomic mass is 9.54. The Bertz CT molecular complexity index is 1640. The lowest BCUT2D eigenvalue weighted by molar-refractivity contribution is -0.154. The van der Waals surface area contributed by atoms with E-state index in [0.29, 0.717) is 22.5 Å². The predicted molar refractivity (Wildman–Crippen MR) is 174 cm³/mol. The summed E-state index contributed by atoms with van der Waals surface area (Å²) < 4.78 is 11.0. The van der Waals surface area contributed by atoms with Crippen LogP contribution in [0, 0.1) is 0 Å². The minimum Gasteiger partial charge on any atom is -0.466 e. The molecule has 2 atom stereocenters. The molecule has 8 nitrogen and oxygen atoms in total. The molecule has 2 aliphatic heterocycles. The highest BCUT2D eigenvalue weighted by atomic mass is 16.5. The van der Waals surface area contributed by atoms with Gasteiger partial charge in [-0.25, -0.2) is 0 Å². The fourth-order valence-electron chi connectivity index (χ4n) is 7.22. The molecule has 2 aliphatic rings. The quantitative estimate of drug-likeness (QED) is 0.196. The van der Waals surface area contributed by atoms with E-state index >= 15 is 9.59 Å². The zero-order valence-electron chi connectivity index (χ0n) is 26.0. The van der Waals surface area contributed by atoms with Crippen molar-refractivity contribution in [1.29, 1.82) is 0 Å².